The van der Waals surface area contributed by atoms with Crippen LogP contribution in [0.15, 0.2) is 54.7 Å². The van der Waals surface area contributed by atoms with Gasteiger partial charge in [0.1, 0.15) is 24.0 Å². The second kappa shape index (κ2) is 11.5. The molecule has 0 bridgehead atoms. The molecule has 224 valence electrons. The fraction of sp³-hybridized carbons (Fsp3) is 0.267. The van der Waals surface area contributed by atoms with Crippen molar-refractivity contribution in [1.29, 1.82) is 0 Å². The number of rotatable bonds is 9. The summed E-state index contributed by atoms with van der Waals surface area (Å²) in [5.41, 5.74) is 5.18. The van der Waals surface area contributed by atoms with E-state index in [4.69, 9.17) is 5.73 Å². The van der Waals surface area contributed by atoms with Crippen LogP contribution in [0.5, 0.6) is 0 Å². The Labute approximate surface area is 241 Å². The number of nitrogens with zero attached hydrogens (tertiary/aromatic N) is 3. The van der Waals surface area contributed by atoms with Crippen molar-refractivity contribution >= 4 is 11.8 Å². The van der Waals surface area contributed by atoms with Crippen molar-refractivity contribution in [2.24, 2.45) is 5.73 Å². The molecule has 13 heteroatoms. The van der Waals surface area contributed by atoms with Crippen molar-refractivity contribution in [1.82, 2.24) is 20.1 Å². The Morgan fingerprint density at radius 2 is 1.77 bits per heavy atom. The molecule has 43 heavy (non-hydrogen) atoms. The van der Waals surface area contributed by atoms with E-state index in [0.29, 0.717) is 30.0 Å². The van der Waals surface area contributed by atoms with E-state index >= 15 is 0 Å². The summed E-state index contributed by atoms with van der Waals surface area (Å²) in [5.74, 6) is -4.59. The number of primary amides is 1. The fourth-order valence-corrected chi connectivity index (χ4v) is 5.16. The minimum absolute atomic E-state index is 0.0701. The number of hydrogen-bond acceptors (Lipinski definition) is 4. The second-order valence-corrected chi connectivity index (χ2v) is 10.4. The summed E-state index contributed by atoms with van der Waals surface area (Å²) < 4.78 is 84.5. The van der Waals surface area contributed by atoms with Crippen molar-refractivity contribution < 1.29 is 35.9 Å². The van der Waals surface area contributed by atoms with E-state index in [1.165, 1.54) is 25.3 Å². The summed E-state index contributed by atoms with van der Waals surface area (Å²) in [6.07, 6.45) is -2.28. The number of nitrogens with two attached hydrogens (primary N) is 1. The van der Waals surface area contributed by atoms with Crippen LogP contribution < -0.4 is 11.1 Å². The highest BCUT2D eigenvalue weighted by atomic mass is 19.4. The number of benzene rings is 2. The third-order valence-corrected chi connectivity index (χ3v) is 7.21. The summed E-state index contributed by atoms with van der Waals surface area (Å²) >= 11 is 0. The molecule has 1 saturated carbocycles. The summed E-state index contributed by atoms with van der Waals surface area (Å²) in [7, 11) is 0. The van der Waals surface area contributed by atoms with E-state index in [1.54, 1.807) is 12.1 Å². The maximum Gasteiger partial charge on any atom is 0.435 e. The van der Waals surface area contributed by atoms with Crippen molar-refractivity contribution in [3.8, 4) is 11.1 Å². The number of amides is 2. The molecule has 2 aromatic carbocycles. The highest BCUT2D eigenvalue weighted by molar-refractivity contribution is 5.94. The normalized spacial score (nSPS) is 14.0. The maximum absolute atomic E-state index is 14.2. The van der Waals surface area contributed by atoms with E-state index in [-0.39, 0.29) is 40.4 Å². The van der Waals surface area contributed by atoms with Crippen molar-refractivity contribution in [3.05, 3.63) is 106 Å². The average Bonchev–Trinajstić information content (AvgIpc) is 3.70. The van der Waals surface area contributed by atoms with Gasteiger partial charge in [-0.2, -0.15) is 18.3 Å². The summed E-state index contributed by atoms with van der Waals surface area (Å²) in [6.45, 7) is 0.901. The Morgan fingerprint density at radius 1 is 1.07 bits per heavy atom. The molecule has 5 rings (SSSR count). The van der Waals surface area contributed by atoms with Crippen LogP contribution in [0.1, 0.15) is 63.4 Å². The van der Waals surface area contributed by atoms with E-state index in [1.807, 2.05) is 0 Å². The number of pyridine rings is 1. The zero-order valence-electron chi connectivity index (χ0n) is 22.7. The first kappa shape index (κ1) is 29.8. The van der Waals surface area contributed by atoms with Crippen molar-refractivity contribution in [2.45, 2.75) is 50.9 Å². The number of aromatic nitrogens is 3. The highest BCUT2D eigenvalue weighted by Crippen LogP contribution is 2.47. The molecule has 1 aliphatic rings. The Bertz CT molecular complexity index is 1690. The first-order chi connectivity index (χ1) is 20.3. The lowest BCUT2D eigenvalue weighted by atomic mass is 9.94. The van der Waals surface area contributed by atoms with Crippen LogP contribution in [0, 0.1) is 24.4 Å². The van der Waals surface area contributed by atoms with Gasteiger partial charge in [0.15, 0.2) is 5.69 Å². The van der Waals surface area contributed by atoms with Crippen LogP contribution in [-0.4, -0.2) is 26.6 Å². The molecule has 2 amide bonds. The summed E-state index contributed by atoms with van der Waals surface area (Å²) in [5, 5.41) is 6.42. The molecule has 4 aromatic rings. The maximum atomic E-state index is 14.2. The van der Waals surface area contributed by atoms with Gasteiger partial charge < -0.3 is 11.1 Å². The van der Waals surface area contributed by atoms with Gasteiger partial charge in [0, 0.05) is 29.1 Å². The molecule has 0 saturated heterocycles. The molecule has 1 fully saturated rings. The van der Waals surface area contributed by atoms with Crippen LogP contribution in [0.4, 0.5) is 26.3 Å². The van der Waals surface area contributed by atoms with Gasteiger partial charge >= 0.3 is 6.18 Å². The van der Waals surface area contributed by atoms with Gasteiger partial charge in [0.2, 0.25) is 5.91 Å². The van der Waals surface area contributed by atoms with Gasteiger partial charge in [-0.3, -0.25) is 19.3 Å². The van der Waals surface area contributed by atoms with E-state index in [2.05, 4.69) is 15.4 Å². The number of nitrogens with one attached hydrogen (secondary N) is 1. The number of alkyl halides is 3. The monoisotopic (exact) mass is 601 g/mol. The molecular weight excluding hydrogens is 576 g/mol. The van der Waals surface area contributed by atoms with E-state index < -0.39 is 53.7 Å². The zero-order chi connectivity index (χ0) is 31.1. The molecule has 3 N–H and O–H groups in total. The molecule has 0 spiro atoms. The first-order valence-corrected chi connectivity index (χ1v) is 13.2. The van der Waals surface area contributed by atoms with E-state index in [0.717, 1.165) is 22.9 Å². The fourth-order valence-electron chi connectivity index (χ4n) is 5.16. The highest BCUT2D eigenvalue weighted by Gasteiger charge is 2.43. The molecule has 1 unspecified atom stereocenters. The largest absolute Gasteiger partial charge is 0.435 e. The Balaban J connectivity index is 1.52. The third-order valence-electron chi connectivity index (χ3n) is 7.21. The number of halogens is 6. The molecule has 7 nitrogen and oxygen atoms in total. The number of carbonyl (C=O) groups is 2. The Kier molecular flexibility index (Phi) is 8.00. The molecule has 2 heterocycles. The first-order valence-electron chi connectivity index (χ1n) is 13.2. The molecule has 0 aliphatic heterocycles. The van der Waals surface area contributed by atoms with Crippen molar-refractivity contribution in [3.63, 3.8) is 0 Å². The zero-order valence-corrected chi connectivity index (χ0v) is 22.7. The predicted molar refractivity (Wildman–Crippen MR) is 143 cm³/mol. The minimum Gasteiger partial charge on any atom is -0.366 e. The van der Waals surface area contributed by atoms with Gasteiger partial charge in [0.05, 0.1) is 17.3 Å². The second-order valence-electron chi connectivity index (χ2n) is 10.4. The van der Waals surface area contributed by atoms with Crippen molar-refractivity contribution in [2.75, 3.05) is 0 Å². The Hall–Kier alpha value is -4.68. The van der Waals surface area contributed by atoms with Gasteiger partial charge in [-0.05, 0) is 73.6 Å². The molecular formula is C30H25F6N5O2. The van der Waals surface area contributed by atoms with Gasteiger partial charge in [-0.15, -0.1) is 0 Å². The molecule has 1 atom stereocenters. The van der Waals surface area contributed by atoms with E-state index in [9.17, 15) is 35.9 Å². The SMILES string of the molecule is Cc1c(C2CC2)c(C(F)(F)F)nn1CC(=O)NC(Cc1cc(F)cc(F)c1)c1ncccc1-c1ccc(F)c(C(N)=O)c1. The quantitative estimate of drug-likeness (QED) is 0.238. The molecule has 2 aromatic heterocycles. The van der Waals surface area contributed by atoms with Gasteiger partial charge in [-0.25, -0.2) is 13.2 Å². The lowest BCUT2D eigenvalue weighted by Crippen LogP contribution is -2.34. The average molecular weight is 602 g/mol. The van der Waals surface area contributed by atoms with Gasteiger partial charge in [-0.1, -0.05) is 12.1 Å². The van der Waals surface area contributed by atoms with Crippen LogP contribution in [0.25, 0.3) is 11.1 Å². The van der Waals surface area contributed by atoms with Crippen LogP contribution in [0.3, 0.4) is 0 Å². The standard InChI is InChI=1S/C30H25F6N5O2/c1-15-26(17-4-5-17)28(30(34,35)36)40-41(15)14-25(42)39-24(11-16-9-19(31)13-20(32)10-16)27-21(3-2-8-38-27)18-6-7-23(33)22(12-18)29(37)43/h2-3,6-10,12-13,17,24H,4-5,11,14H2,1H3,(H2,37,43)(H,39,42). The number of carbonyl (C=O) groups excluding carboxylic acids is 2. The van der Waals surface area contributed by atoms with Crippen LogP contribution in [0.2, 0.25) is 0 Å². The topological polar surface area (TPSA) is 103 Å². The predicted octanol–water partition coefficient (Wildman–Crippen LogP) is 5.77. The lowest BCUT2D eigenvalue weighted by molar-refractivity contribution is -0.142. The Morgan fingerprint density at radius 3 is 2.40 bits per heavy atom. The van der Waals surface area contributed by atoms with Crippen LogP contribution in [-0.2, 0) is 23.9 Å². The lowest BCUT2D eigenvalue weighted by Gasteiger charge is -2.22. The minimum atomic E-state index is -4.70. The molecule has 0 radical (unpaired) electrons. The van der Waals surface area contributed by atoms with Gasteiger partial charge in [0.25, 0.3) is 5.91 Å². The number of hydrogen-bond donors (Lipinski definition) is 2. The summed E-state index contributed by atoms with van der Waals surface area (Å²) in [6, 6.07) is 8.53. The molecule has 1 aliphatic carbocycles. The third kappa shape index (κ3) is 6.55. The smallest absolute Gasteiger partial charge is 0.366 e. The van der Waals surface area contributed by atoms with Crippen LogP contribution >= 0.6 is 0 Å². The summed E-state index contributed by atoms with van der Waals surface area (Å²) in [4.78, 5) is 29.5.